The van der Waals surface area contributed by atoms with Crippen LogP contribution in [0.4, 0.5) is 5.13 Å². The Kier molecular flexibility index (Phi) is 4.46. The van der Waals surface area contributed by atoms with Gasteiger partial charge in [0, 0.05) is 27.7 Å². The predicted molar refractivity (Wildman–Crippen MR) is 101 cm³/mol. The van der Waals surface area contributed by atoms with Gasteiger partial charge < -0.3 is 5.32 Å². The van der Waals surface area contributed by atoms with Crippen LogP contribution < -0.4 is 10.6 Å². The van der Waals surface area contributed by atoms with E-state index < -0.39 is 0 Å². The zero-order valence-corrected chi connectivity index (χ0v) is 14.9. The molecule has 2 aromatic heterocycles. The second-order valence-electron chi connectivity index (χ2n) is 6.41. The molecule has 0 radical (unpaired) electrons. The van der Waals surface area contributed by atoms with Gasteiger partial charge in [-0.05, 0) is 63.0 Å². The minimum Gasteiger partial charge on any atom is -0.317 e. The number of carbonyl (C=O) groups excluding carboxylic acids is 1. The number of fused-ring (bicyclic) bond motifs is 1. The van der Waals surface area contributed by atoms with Gasteiger partial charge in [-0.1, -0.05) is 6.07 Å². The molecule has 0 aliphatic carbocycles. The standard InChI is InChI=1S/C19H20N4OS/c1-12-2-3-14-10-15(4-5-16(14)22-12)18(24)23-19-21-11-17(25-19)13-6-8-20-9-7-13/h2-5,10-11,13,20H,6-9H2,1H3,(H,21,23,24). The number of rotatable bonds is 3. The topological polar surface area (TPSA) is 66.9 Å². The Bertz CT molecular complexity index is 915. The Balaban J connectivity index is 1.50. The van der Waals surface area contributed by atoms with Gasteiger partial charge in [-0.3, -0.25) is 15.1 Å². The van der Waals surface area contributed by atoms with E-state index in [4.69, 9.17) is 0 Å². The highest BCUT2D eigenvalue weighted by molar-refractivity contribution is 7.15. The number of nitrogens with one attached hydrogen (secondary N) is 2. The van der Waals surface area contributed by atoms with Crippen molar-refractivity contribution in [1.29, 1.82) is 0 Å². The average molecular weight is 352 g/mol. The number of hydrogen-bond acceptors (Lipinski definition) is 5. The lowest BCUT2D eigenvalue weighted by Crippen LogP contribution is -2.26. The molecule has 0 spiro atoms. The molecule has 1 aromatic carbocycles. The zero-order valence-electron chi connectivity index (χ0n) is 14.1. The summed E-state index contributed by atoms with van der Waals surface area (Å²) < 4.78 is 0. The molecule has 5 nitrogen and oxygen atoms in total. The summed E-state index contributed by atoms with van der Waals surface area (Å²) in [6.07, 6.45) is 4.17. The number of aromatic nitrogens is 2. The second kappa shape index (κ2) is 6.90. The van der Waals surface area contributed by atoms with Crippen LogP contribution >= 0.6 is 11.3 Å². The molecule has 4 rings (SSSR count). The third-order valence-corrected chi connectivity index (χ3v) is 5.65. The maximum absolute atomic E-state index is 12.5. The number of anilines is 1. The Hall–Kier alpha value is -2.31. The van der Waals surface area contributed by atoms with Gasteiger partial charge in [0.2, 0.25) is 0 Å². The lowest BCUT2D eigenvalue weighted by atomic mass is 9.97. The molecule has 3 aromatic rings. The van der Waals surface area contributed by atoms with Crippen LogP contribution in [-0.4, -0.2) is 29.0 Å². The molecule has 0 bridgehead atoms. The number of pyridine rings is 1. The van der Waals surface area contributed by atoms with Crippen LogP contribution in [0, 0.1) is 6.92 Å². The van der Waals surface area contributed by atoms with Gasteiger partial charge in [-0.15, -0.1) is 11.3 Å². The third-order valence-electron chi connectivity index (χ3n) is 4.58. The van der Waals surface area contributed by atoms with Crippen LogP contribution in [0.25, 0.3) is 10.9 Å². The van der Waals surface area contributed by atoms with Gasteiger partial charge in [0.1, 0.15) is 0 Å². The SMILES string of the molecule is Cc1ccc2cc(C(=O)Nc3ncc(C4CCNCC4)s3)ccc2n1. The summed E-state index contributed by atoms with van der Waals surface area (Å²) in [6.45, 7) is 4.06. The van der Waals surface area contributed by atoms with Crippen molar-refractivity contribution in [3.8, 4) is 0 Å². The van der Waals surface area contributed by atoms with Crippen molar-refractivity contribution < 1.29 is 4.79 Å². The largest absolute Gasteiger partial charge is 0.317 e. The fraction of sp³-hybridized carbons (Fsp3) is 0.316. The van der Waals surface area contributed by atoms with E-state index in [1.807, 2.05) is 43.5 Å². The molecule has 3 heterocycles. The quantitative estimate of drug-likeness (QED) is 0.754. The van der Waals surface area contributed by atoms with Crippen LogP contribution in [0.1, 0.15) is 39.7 Å². The smallest absolute Gasteiger partial charge is 0.257 e. The first-order chi connectivity index (χ1) is 12.2. The highest BCUT2D eigenvalue weighted by atomic mass is 32.1. The number of hydrogen-bond donors (Lipinski definition) is 2. The molecule has 1 aliphatic heterocycles. The molecule has 1 saturated heterocycles. The molecule has 128 valence electrons. The van der Waals surface area contributed by atoms with Crippen molar-refractivity contribution >= 4 is 33.3 Å². The molecule has 0 saturated carbocycles. The summed E-state index contributed by atoms with van der Waals surface area (Å²) in [5.41, 5.74) is 2.49. The lowest BCUT2D eigenvalue weighted by Gasteiger charge is -2.20. The number of aryl methyl sites for hydroxylation is 1. The Labute approximate surface area is 150 Å². The van der Waals surface area contributed by atoms with E-state index in [1.54, 1.807) is 11.3 Å². The third kappa shape index (κ3) is 3.55. The zero-order chi connectivity index (χ0) is 17.2. The molecule has 0 unspecified atom stereocenters. The van der Waals surface area contributed by atoms with Gasteiger partial charge in [-0.2, -0.15) is 0 Å². The fourth-order valence-corrected chi connectivity index (χ4v) is 4.16. The van der Waals surface area contributed by atoms with E-state index in [9.17, 15) is 4.79 Å². The first-order valence-corrected chi connectivity index (χ1v) is 9.36. The van der Waals surface area contributed by atoms with Crippen molar-refractivity contribution in [3.05, 3.63) is 52.7 Å². The summed E-state index contributed by atoms with van der Waals surface area (Å²) in [5.74, 6) is 0.424. The van der Waals surface area contributed by atoms with Crippen LogP contribution in [0.2, 0.25) is 0 Å². The van der Waals surface area contributed by atoms with Gasteiger partial charge >= 0.3 is 0 Å². The summed E-state index contributed by atoms with van der Waals surface area (Å²) in [4.78, 5) is 22.6. The van der Waals surface area contributed by atoms with E-state index in [0.717, 1.165) is 42.5 Å². The van der Waals surface area contributed by atoms with Crippen molar-refractivity contribution in [2.24, 2.45) is 0 Å². The van der Waals surface area contributed by atoms with E-state index >= 15 is 0 Å². The summed E-state index contributed by atoms with van der Waals surface area (Å²) >= 11 is 1.58. The van der Waals surface area contributed by atoms with E-state index in [2.05, 4.69) is 20.6 Å². The first kappa shape index (κ1) is 16.2. The highest BCUT2D eigenvalue weighted by Crippen LogP contribution is 2.31. The van der Waals surface area contributed by atoms with Crippen molar-refractivity contribution in [1.82, 2.24) is 15.3 Å². The summed E-state index contributed by atoms with van der Waals surface area (Å²) in [7, 11) is 0. The van der Waals surface area contributed by atoms with Gasteiger partial charge in [0.05, 0.1) is 5.52 Å². The highest BCUT2D eigenvalue weighted by Gasteiger charge is 2.18. The van der Waals surface area contributed by atoms with Gasteiger partial charge in [-0.25, -0.2) is 4.98 Å². The predicted octanol–water partition coefficient (Wildman–Crippen LogP) is 3.72. The van der Waals surface area contributed by atoms with Crippen LogP contribution in [-0.2, 0) is 0 Å². The van der Waals surface area contributed by atoms with Crippen LogP contribution in [0.15, 0.2) is 36.5 Å². The summed E-state index contributed by atoms with van der Waals surface area (Å²) in [5, 5.41) is 7.93. The van der Waals surface area contributed by atoms with Gasteiger partial charge in [0.25, 0.3) is 5.91 Å². The number of nitrogens with zero attached hydrogens (tertiary/aromatic N) is 2. The number of benzene rings is 1. The van der Waals surface area contributed by atoms with Crippen LogP contribution in [0.5, 0.6) is 0 Å². The normalized spacial score (nSPS) is 15.4. The average Bonchev–Trinajstić information content (AvgIpc) is 3.10. The monoisotopic (exact) mass is 352 g/mol. The van der Waals surface area contributed by atoms with Crippen LogP contribution in [0.3, 0.4) is 0 Å². The molecular weight excluding hydrogens is 332 g/mol. The molecule has 6 heteroatoms. The molecule has 0 atom stereocenters. The Morgan fingerprint density at radius 1 is 1.24 bits per heavy atom. The Morgan fingerprint density at radius 2 is 2.08 bits per heavy atom. The van der Waals surface area contributed by atoms with Crippen molar-refractivity contribution in [2.45, 2.75) is 25.7 Å². The fourth-order valence-electron chi connectivity index (χ4n) is 3.18. The molecular formula is C19H20N4OS. The van der Waals surface area contributed by atoms with Crippen molar-refractivity contribution in [3.63, 3.8) is 0 Å². The molecule has 2 N–H and O–H groups in total. The maximum atomic E-state index is 12.5. The molecule has 1 amide bonds. The van der Waals surface area contributed by atoms with E-state index in [1.165, 1.54) is 4.88 Å². The molecule has 1 aliphatic rings. The number of piperidine rings is 1. The lowest BCUT2D eigenvalue weighted by molar-refractivity contribution is 0.102. The molecule has 25 heavy (non-hydrogen) atoms. The van der Waals surface area contributed by atoms with E-state index in [0.29, 0.717) is 16.6 Å². The van der Waals surface area contributed by atoms with Gasteiger partial charge in [0.15, 0.2) is 5.13 Å². The summed E-state index contributed by atoms with van der Waals surface area (Å²) in [6, 6.07) is 9.52. The Morgan fingerprint density at radius 3 is 2.92 bits per heavy atom. The second-order valence-corrected chi connectivity index (χ2v) is 7.47. The number of thiazole rings is 1. The minimum atomic E-state index is -0.131. The number of carbonyl (C=O) groups is 1. The van der Waals surface area contributed by atoms with E-state index in [-0.39, 0.29) is 5.91 Å². The molecule has 1 fully saturated rings. The maximum Gasteiger partial charge on any atom is 0.257 e. The van der Waals surface area contributed by atoms with Crippen molar-refractivity contribution in [2.75, 3.05) is 18.4 Å². The first-order valence-electron chi connectivity index (χ1n) is 8.54. The minimum absolute atomic E-state index is 0.131. The number of amides is 1.